The van der Waals surface area contributed by atoms with Crippen LogP contribution in [0.4, 0.5) is 4.39 Å². The Kier molecular flexibility index (Phi) is 5.72. The highest BCUT2D eigenvalue weighted by Gasteiger charge is 2.50. The van der Waals surface area contributed by atoms with Gasteiger partial charge in [-0.3, -0.25) is 4.79 Å². The molecule has 0 unspecified atom stereocenters. The van der Waals surface area contributed by atoms with Gasteiger partial charge in [0.25, 0.3) is 0 Å². The lowest BCUT2D eigenvalue weighted by Crippen LogP contribution is -2.53. The highest BCUT2D eigenvalue weighted by Crippen LogP contribution is 2.34. The zero-order chi connectivity index (χ0) is 16.8. The minimum absolute atomic E-state index is 0.237. The summed E-state index contributed by atoms with van der Waals surface area (Å²) in [6.07, 6.45) is -1.42. The SMILES string of the molecule is O=C1[C@@H](F)[C@H](COCc2ccccc2)[C@H]1COCc1ccccc1. The fraction of sp³-hybridized carbons (Fsp3) is 0.350. The summed E-state index contributed by atoms with van der Waals surface area (Å²) in [5.74, 6) is -1.17. The predicted octanol–water partition coefficient (Wildman–Crippen LogP) is 3.57. The van der Waals surface area contributed by atoms with Gasteiger partial charge in [-0.25, -0.2) is 4.39 Å². The molecule has 1 aliphatic rings. The van der Waals surface area contributed by atoms with Crippen LogP contribution in [0, 0.1) is 11.8 Å². The number of benzene rings is 2. The van der Waals surface area contributed by atoms with Crippen molar-refractivity contribution in [3.63, 3.8) is 0 Å². The Morgan fingerprint density at radius 1 is 0.792 bits per heavy atom. The van der Waals surface area contributed by atoms with E-state index >= 15 is 0 Å². The Morgan fingerprint density at radius 2 is 1.29 bits per heavy atom. The van der Waals surface area contributed by atoms with Gasteiger partial charge in [-0.1, -0.05) is 60.7 Å². The van der Waals surface area contributed by atoms with Crippen LogP contribution in [0.5, 0.6) is 0 Å². The summed E-state index contributed by atoms with van der Waals surface area (Å²) in [5, 5.41) is 0. The van der Waals surface area contributed by atoms with Crippen molar-refractivity contribution < 1.29 is 18.7 Å². The molecule has 0 radical (unpaired) electrons. The number of carbonyl (C=O) groups excluding carboxylic acids is 1. The lowest BCUT2D eigenvalue weighted by atomic mass is 9.71. The van der Waals surface area contributed by atoms with Crippen molar-refractivity contribution >= 4 is 5.78 Å². The van der Waals surface area contributed by atoms with Crippen LogP contribution < -0.4 is 0 Å². The smallest absolute Gasteiger partial charge is 0.173 e. The van der Waals surface area contributed by atoms with E-state index < -0.39 is 18.0 Å². The maximum absolute atomic E-state index is 13.8. The Balaban J connectivity index is 1.43. The summed E-state index contributed by atoms with van der Waals surface area (Å²) < 4.78 is 25.0. The van der Waals surface area contributed by atoms with Gasteiger partial charge < -0.3 is 9.47 Å². The summed E-state index contributed by atoms with van der Waals surface area (Å²) in [7, 11) is 0. The molecule has 0 aromatic heterocycles. The van der Waals surface area contributed by atoms with Crippen molar-refractivity contribution in [3.8, 4) is 0 Å². The molecule has 0 saturated heterocycles. The molecule has 0 heterocycles. The Bertz CT molecular complexity index is 644. The van der Waals surface area contributed by atoms with Crippen LogP contribution in [0.3, 0.4) is 0 Å². The number of ether oxygens (including phenoxy) is 2. The van der Waals surface area contributed by atoms with Crippen LogP contribution in [0.1, 0.15) is 11.1 Å². The Morgan fingerprint density at radius 3 is 1.83 bits per heavy atom. The van der Waals surface area contributed by atoms with E-state index in [0.29, 0.717) is 13.2 Å². The number of ketones is 1. The second-order valence-electron chi connectivity index (χ2n) is 6.08. The summed E-state index contributed by atoms with van der Waals surface area (Å²) >= 11 is 0. The first-order chi connectivity index (χ1) is 11.8. The van der Waals surface area contributed by atoms with Crippen molar-refractivity contribution in [1.82, 2.24) is 0 Å². The van der Waals surface area contributed by atoms with Gasteiger partial charge in [-0.2, -0.15) is 0 Å². The average molecular weight is 328 g/mol. The molecule has 0 bridgehead atoms. The molecule has 24 heavy (non-hydrogen) atoms. The molecule has 4 heteroatoms. The Hall–Kier alpha value is -2.04. The van der Waals surface area contributed by atoms with Gasteiger partial charge in [-0.15, -0.1) is 0 Å². The minimum atomic E-state index is -1.42. The van der Waals surface area contributed by atoms with Gasteiger partial charge in [-0.05, 0) is 11.1 Å². The van der Waals surface area contributed by atoms with Crippen LogP contribution in [-0.4, -0.2) is 25.2 Å². The third kappa shape index (κ3) is 4.08. The monoisotopic (exact) mass is 328 g/mol. The summed E-state index contributed by atoms with van der Waals surface area (Å²) in [5.41, 5.74) is 2.08. The number of carbonyl (C=O) groups is 1. The average Bonchev–Trinajstić information content (AvgIpc) is 2.64. The number of alkyl halides is 1. The van der Waals surface area contributed by atoms with E-state index in [4.69, 9.17) is 9.47 Å². The summed E-state index contributed by atoms with van der Waals surface area (Å²) in [4.78, 5) is 11.7. The molecule has 3 rings (SSSR count). The maximum Gasteiger partial charge on any atom is 0.173 e. The molecule has 0 aliphatic heterocycles. The fourth-order valence-electron chi connectivity index (χ4n) is 2.88. The van der Waals surface area contributed by atoms with Crippen molar-refractivity contribution in [1.29, 1.82) is 0 Å². The van der Waals surface area contributed by atoms with Crippen LogP contribution in [0.25, 0.3) is 0 Å². The second kappa shape index (κ2) is 8.18. The predicted molar refractivity (Wildman–Crippen MR) is 89.1 cm³/mol. The van der Waals surface area contributed by atoms with E-state index in [-0.39, 0.29) is 19.0 Å². The number of Topliss-reactive ketones (excluding diaryl/α,β-unsaturated/α-hetero) is 1. The van der Waals surface area contributed by atoms with E-state index in [9.17, 15) is 9.18 Å². The molecule has 126 valence electrons. The number of halogens is 1. The third-order valence-corrected chi connectivity index (χ3v) is 4.36. The zero-order valence-corrected chi connectivity index (χ0v) is 13.4. The number of hydrogen-bond donors (Lipinski definition) is 0. The topological polar surface area (TPSA) is 35.5 Å². The molecule has 0 N–H and O–H groups in total. The lowest BCUT2D eigenvalue weighted by Gasteiger charge is -2.37. The van der Waals surface area contributed by atoms with Crippen molar-refractivity contribution in [2.24, 2.45) is 11.8 Å². The first-order valence-electron chi connectivity index (χ1n) is 8.17. The Labute approximate surface area is 141 Å². The molecule has 0 amide bonds. The summed E-state index contributed by atoms with van der Waals surface area (Å²) in [6, 6.07) is 19.4. The minimum Gasteiger partial charge on any atom is -0.376 e. The molecular weight excluding hydrogens is 307 g/mol. The zero-order valence-electron chi connectivity index (χ0n) is 13.4. The van der Waals surface area contributed by atoms with E-state index in [1.807, 2.05) is 60.7 Å². The standard InChI is InChI=1S/C20H21FO3/c21-19-17(13-23-11-15-7-3-1-4-8-15)18(20(19)22)14-24-12-16-9-5-2-6-10-16/h1-10,17-19H,11-14H2/t17-,18-,19+/m1/s1. The molecule has 0 spiro atoms. The molecule has 1 saturated carbocycles. The first kappa shape index (κ1) is 16.8. The molecule has 1 fully saturated rings. The van der Waals surface area contributed by atoms with E-state index in [2.05, 4.69) is 0 Å². The number of hydrogen-bond acceptors (Lipinski definition) is 3. The number of rotatable bonds is 8. The highest BCUT2D eigenvalue weighted by atomic mass is 19.1. The molecule has 1 aliphatic carbocycles. The molecule has 2 aromatic rings. The van der Waals surface area contributed by atoms with Crippen LogP contribution >= 0.6 is 0 Å². The highest BCUT2D eigenvalue weighted by molar-refractivity contribution is 5.92. The van der Waals surface area contributed by atoms with Crippen molar-refractivity contribution in [2.75, 3.05) is 13.2 Å². The second-order valence-corrected chi connectivity index (χ2v) is 6.08. The molecule has 2 aromatic carbocycles. The molecule has 3 atom stereocenters. The van der Waals surface area contributed by atoms with E-state index in [1.54, 1.807) is 0 Å². The van der Waals surface area contributed by atoms with Gasteiger partial charge in [0.1, 0.15) is 0 Å². The van der Waals surface area contributed by atoms with Crippen LogP contribution in [0.15, 0.2) is 60.7 Å². The fourth-order valence-corrected chi connectivity index (χ4v) is 2.88. The lowest BCUT2D eigenvalue weighted by molar-refractivity contribution is -0.154. The normalized spacial score (nSPS) is 23.0. The third-order valence-electron chi connectivity index (χ3n) is 4.36. The van der Waals surface area contributed by atoms with Crippen LogP contribution in [0.2, 0.25) is 0 Å². The van der Waals surface area contributed by atoms with E-state index in [1.165, 1.54) is 0 Å². The molecule has 3 nitrogen and oxygen atoms in total. The van der Waals surface area contributed by atoms with Crippen molar-refractivity contribution in [2.45, 2.75) is 19.4 Å². The van der Waals surface area contributed by atoms with Crippen molar-refractivity contribution in [3.05, 3.63) is 71.8 Å². The van der Waals surface area contributed by atoms with Crippen LogP contribution in [-0.2, 0) is 27.5 Å². The van der Waals surface area contributed by atoms with E-state index in [0.717, 1.165) is 11.1 Å². The first-order valence-corrected chi connectivity index (χ1v) is 8.17. The van der Waals surface area contributed by atoms with Gasteiger partial charge in [0.15, 0.2) is 12.0 Å². The quantitative estimate of drug-likeness (QED) is 0.743. The van der Waals surface area contributed by atoms with Gasteiger partial charge in [0.2, 0.25) is 0 Å². The molecular formula is C20H21FO3. The van der Waals surface area contributed by atoms with Gasteiger partial charge >= 0.3 is 0 Å². The van der Waals surface area contributed by atoms with Gasteiger partial charge in [0, 0.05) is 5.92 Å². The summed E-state index contributed by atoms with van der Waals surface area (Å²) in [6.45, 7) is 1.34. The largest absolute Gasteiger partial charge is 0.376 e. The van der Waals surface area contributed by atoms with Gasteiger partial charge in [0.05, 0.1) is 32.3 Å². The maximum atomic E-state index is 13.8.